The third kappa shape index (κ3) is 3.40. The fourth-order valence-electron chi connectivity index (χ4n) is 3.35. The number of benzene rings is 2. The highest BCUT2D eigenvalue weighted by atomic mass is 16.5. The molecule has 0 radical (unpaired) electrons. The predicted molar refractivity (Wildman–Crippen MR) is 111 cm³/mol. The molecule has 0 saturated heterocycles. The highest BCUT2D eigenvalue weighted by molar-refractivity contribution is 6.05. The van der Waals surface area contributed by atoms with Gasteiger partial charge in [0.05, 0.1) is 23.1 Å². The number of fused-ring (bicyclic) bond motifs is 1. The van der Waals surface area contributed by atoms with Crippen LogP contribution in [0, 0.1) is 6.92 Å². The summed E-state index contributed by atoms with van der Waals surface area (Å²) in [4.78, 5) is 27.7. The fourth-order valence-corrected chi connectivity index (χ4v) is 3.35. The van der Waals surface area contributed by atoms with Crippen LogP contribution in [0.5, 0.6) is 5.75 Å². The summed E-state index contributed by atoms with van der Waals surface area (Å²) in [7, 11) is 0. The number of rotatable bonds is 6. The molecular formula is C23H25NO4. The first-order valence-corrected chi connectivity index (χ1v) is 9.61. The maximum absolute atomic E-state index is 13.0. The second-order valence-corrected chi connectivity index (χ2v) is 6.47. The second-order valence-electron chi connectivity index (χ2n) is 6.47. The summed E-state index contributed by atoms with van der Waals surface area (Å²) < 4.78 is 11.9. The highest BCUT2D eigenvalue weighted by Gasteiger charge is 2.22. The molecule has 0 saturated carbocycles. The van der Waals surface area contributed by atoms with Crippen molar-refractivity contribution >= 4 is 16.9 Å². The Balaban J connectivity index is 2.30. The first-order chi connectivity index (χ1) is 13.5. The van der Waals surface area contributed by atoms with Crippen molar-refractivity contribution in [1.82, 2.24) is 4.90 Å². The lowest BCUT2D eigenvalue weighted by Crippen LogP contribution is -2.30. The molecule has 1 heterocycles. The Hall–Kier alpha value is -3.08. The quantitative estimate of drug-likeness (QED) is 0.625. The maximum atomic E-state index is 13.0. The maximum Gasteiger partial charge on any atom is 0.257 e. The van der Waals surface area contributed by atoms with Gasteiger partial charge in [0.25, 0.3) is 5.91 Å². The van der Waals surface area contributed by atoms with Gasteiger partial charge >= 0.3 is 0 Å². The highest BCUT2D eigenvalue weighted by Crippen LogP contribution is 2.34. The van der Waals surface area contributed by atoms with Gasteiger partial charge in [0, 0.05) is 18.7 Å². The van der Waals surface area contributed by atoms with Crippen LogP contribution in [0.25, 0.3) is 22.3 Å². The van der Waals surface area contributed by atoms with Crippen LogP contribution in [-0.2, 0) is 0 Å². The van der Waals surface area contributed by atoms with E-state index in [0.29, 0.717) is 58.9 Å². The third-order valence-electron chi connectivity index (χ3n) is 4.86. The molecule has 0 aliphatic heterocycles. The number of hydrogen-bond donors (Lipinski definition) is 0. The Morgan fingerprint density at radius 2 is 1.75 bits per heavy atom. The zero-order valence-corrected chi connectivity index (χ0v) is 16.7. The molecule has 1 amide bonds. The minimum Gasteiger partial charge on any atom is -0.493 e. The van der Waals surface area contributed by atoms with Gasteiger partial charge in [-0.3, -0.25) is 9.59 Å². The molecule has 28 heavy (non-hydrogen) atoms. The van der Waals surface area contributed by atoms with Gasteiger partial charge in [0.15, 0.2) is 11.0 Å². The Kier molecular flexibility index (Phi) is 5.83. The van der Waals surface area contributed by atoms with Crippen LogP contribution >= 0.6 is 0 Å². The average molecular weight is 379 g/mol. The molecule has 0 aliphatic carbocycles. The van der Waals surface area contributed by atoms with E-state index in [1.807, 2.05) is 45.0 Å². The SMILES string of the molecule is CCOc1ccccc1-c1oc2c(C(=O)N(CC)CC)cccc2c(=O)c1C. The van der Waals surface area contributed by atoms with Crippen molar-refractivity contribution in [2.45, 2.75) is 27.7 Å². The van der Waals surface area contributed by atoms with Gasteiger partial charge in [0.1, 0.15) is 11.5 Å². The van der Waals surface area contributed by atoms with Crippen LogP contribution in [0.1, 0.15) is 36.7 Å². The van der Waals surface area contributed by atoms with Crippen LogP contribution < -0.4 is 10.2 Å². The van der Waals surface area contributed by atoms with Gasteiger partial charge in [-0.15, -0.1) is 0 Å². The number of carbonyl (C=O) groups excluding carboxylic acids is 1. The topological polar surface area (TPSA) is 59.8 Å². The molecular weight excluding hydrogens is 354 g/mol. The second kappa shape index (κ2) is 8.30. The zero-order chi connectivity index (χ0) is 20.3. The van der Waals surface area contributed by atoms with E-state index in [9.17, 15) is 9.59 Å². The van der Waals surface area contributed by atoms with Crippen LogP contribution in [-0.4, -0.2) is 30.5 Å². The Labute approximate surface area is 164 Å². The number of ether oxygens (including phenoxy) is 1. The molecule has 3 aromatic rings. The fraction of sp³-hybridized carbons (Fsp3) is 0.304. The molecule has 0 spiro atoms. The summed E-state index contributed by atoms with van der Waals surface area (Å²) in [5.74, 6) is 0.927. The normalized spacial score (nSPS) is 10.9. The van der Waals surface area contributed by atoms with Crippen molar-refractivity contribution in [3.8, 4) is 17.1 Å². The predicted octanol–water partition coefficient (Wildman–Crippen LogP) is 4.65. The average Bonchev–Trinajstić information content (AvgIpc) is 2.72. The summed E-state index contributed by atoms with van der Waals surface area (Å²) in [6, 6.07) is 12.6. The van der Waals surface area contributed by atoms with Gasteiger partial charge in [-0.25, -0.2) is 0 Å². The molecule has 3 rings (SSSR count). The van der Waals surface area contributed by atoms with Crippen molar-refractivity contribution < 1.29 is 13.9 Å². The number of para-hydroxylation sites is 2. The van der Waals surface area contributed by atoms with E-state index in [4.69, 9.17) is 9.15 Å². The van der Waals surface area contributed by atoms with Gasteiger partial charge in [0.2, 0.25) is 0 Å². The summed E-state index contributed by atoms with van der Waals surface area (Å²) in [6.45, 7) is 9.17. The summed E-state index contributed by atoms with van der Waals surface area (Å²) in [5, 5.41) is 0.410. The van der Waals surface area contributed by atoms with Crippen molar-refractivity contribution in [2.75, 3.05) is 19.7 Å². The van der Waals surface area contributed by atoms with Crippen LogP contribution in [0.4, 0.5) is 0 Å². The van der Waals surface area contributed by atoms with E-state index in [1.165, 1.54) is 0 Å². The molecule has 2 aromatic carbocycles. The van der Waals surface area contributed by atoms with Gasteiger partial charge in [-0.2, -0.15) is 0 Å². The Morgan fingerprint density at radius 1 is 1.04 bits per heavy atom. The van der Waals surface area contributed by atoms with Crippen LogP contribution in [0.3, 0.4) is 0 Å². The van der Waals surface area contributed by atoms with Crippen molar-refractivity contribution in [3.63, 3.8) is 0 Å². The zero-order valence-electron chi connectivity index (χ0n) is 16.7. The smallest absolute Gasteiger partial charge is 0.257 e. The first-order valence-electron chi connectivity index (χ1n) is 9.61. The molecule has 0 aliphatic rings. The molecule has 5 nitrogen and oxygen atoms in total. The molecule has 146 valence electrons. The molecule has 0 bridgehead atoms. The molecule has 0 N–H and O–H groups in total. The minimum absolute atomic E-state index is 0.142. The lowest BCUT2D eigenvalue weighted by molar-refractivity contribution is 0.0774. The summed E-state index contributed by atoms with van der Waals surface area (Å²) in [6.07, 6.45) is 0. The van der Waals surface area contributed by atoms with Crippen molar-refractivity contribution in [3.05, 3.63) is 63.8 Å². The van der Waals surface area contributed by atoms with E-state index < -0.39 is 0 Å². The molecule has 1 aromatic heterocycles. The number of amides is 1. The largest absolute Gasteiger partial charge is 0.493 e. The van der Waals surface area contributed by atoms with Crippen molar-refractivity contribution in [1.29, 1.82) is 0 Å². The van der Waals surface area contributed by atoms with Crippen LogP contribution in [0.15, 0.2) is 51.7 Å². The first kappa shape index (κ1) is 19.7. The van der Waals surface area contributed by atoms with Gasteiger partial charge < -0.3 is 14.1 Å². The van der Waals surface area contributed by atoms with Crippen LogP contribution in [0.2, 0.25) is 0 Å². The number of carbonyl (C=O) groups is 1. The van der Waals surface area contributed by atoms with Gasteiger partial charge in [-0.1, -0.05) is 18.2 Å². The third-order valence-corrected chi connectivity index (χ3v) is 4.86. The molecule has 0 fully saturated rings. The Bertz CT molecular complexity index is 1060. The summed E-state index contributed by atoms with van der Waals surface area (Å²) >= 11 is 0. The summed E-state index contributed by atoms with van der Waals surface area (Å²) in [5.41, 5.74) is 1.76. The van der Waals surface area contributed by atoms with E-state index in [-0.39, 0.29) is 11.3 Å². The number of hydrogen-bond acceptors (Lipinski definition) is 4. The van der Waals surface area contributed by atoms with Crippen molar-refractivity contribution in [2.24, 2.45) is 0 Å². The minimum atomic E-state index is -0.147. The lowest BCUT2D eigenvalue weighted by atomic mass is 10.0. The number of nitrogens with zero attached hydrogens (tertiary/aromatic N) is 1. The standard InChI is InChI=1S/C23H25NO4/c1-5-24(6-2)23(26)18-13-10-12-17-20(25)15(4)21(28-22(17)18)16-11-8-9-14-19(16)27-7-3/h8-14H,5-7H2,1-4H3. The van der Waals surface area contributed by atoms with E-state index in [2.05, 4.69) is 0 Å². The van der Waals surface area contributed by atoms with E-state index in [1.54, 1.807) is 30.0 Å². The van der Waals surface area contributed by atoms with E-state index >= 15 is 0 Å². The lowest BCUT2D eigenvalue weighted by Gasteiger charge is -2.19. The van der Waals surface area contributed by atoms with Gasteiger partial charge in [-0.05, 0) is 52.0 Å². The molecule has 0 atom stereocenters. The monoisotopic (exact) mass is 379 g/mol. The Morgan fingerprint density at radius 3 is 2.43 bits per heavy atom. The molecule has 0 unspecified atom stereocenters. The van der Waals surface area contributed by atoms with E-state index in [0.717, 1.165) is 0 Å². The molecule has 5 heteroatoms.